The Bertz CT molecular complexity index is 595. The van der Waals surface area contributed by atoms with E-state index < -0.39 is 11.7 Å². The molecule has 3 heteroatoms. The number of benzene rings is 2. The molecule has 2 aromatic carbocycles. The summed E-state index contributed by atoms with van der Waals surface area (Å²) in [6.45, 7) is 2.00. The van der Waals surface area contributed by atoms with Gasteiger partial charge in [-0.2, -0.15) is 13.2 Å². The van der Waals surface area contributed by atoms with Crippen molar-refractivity contribution >= 4 is 0 Å². The SMILES string of the molecule is CC[C](C=CCc1ccccc1)c1ccc(C(F)(F)F)cc1. The highest BCUT2D eigenvalue weighted by Crippen LogP contribution is 2.30. The Kier molecular flexibility index (Phi) is 5.42. The first kappa shape index (κ1) is 16.3. The summed E-state index contributed by atoms with van der Waals surface area (Å²) < 4.78 is 37.7. The van der Waals surface area contributed by atoms with Gasteiger partial charge in [0, 0.05) is 5.92 Å². The van der Waals surface area contributed by atoms with E-state index in [1.807, 2.05) is 49.4 Å². The molecule has 115 valence electrons. The fourth-order valence-corrected chi connectivity index (χ4v) is 2.24. The van der Waals surface area contributed by atoms with Crippen molar-refractivity contribution in [1.82, 2.24) is 0 Å². The van der Waals surface area contributed by atoms with Crippen LogP contribution in [0.3, 0.4) is 0 Å². The zero-order valence-corrected chi connectivity index (χ0v) is 12.4. The van der Waals surface area contributed by atoms with Crippen molar-refractivity contribution in [1.29, 1.82) is 0 Å². The monoisotopic (exact) mass is 303 g/mol. The Morgan fingerprint density at radius 2 is 1.59 bits per heavy atom. The zero-order chi connectivity index (χ0) is 16.0. The van der Waals surface area contributed by atoms with Gasteiger partial charge in [0.2, 0.25) is 0 Å². The second-order valence-electron chi connectivity index (χ2n) is 5.05. The largest absolute Gasteiger partial charge is 0.416 e. The van der Waals surface area contributed by atoms with Gasteiger partial charge in [-0.3, -0.25) is 0 Å². The molecule has 2 rings (SSSR count). The smallest absolute Gasteiger partial charge is 0.166 e. The van der Waals surface area contributed by atoms with Gasteiger partial charge >= 0.3 is 6.18 Å². The quantitative estimate of drug-likeness (QED) is 0.651. The molecule has 0 saturated carbocycles. The van der Waals surface area contributed by atoms with E-state index in [1.54, 1.807) is 0 Å². The maximum Gasteiger partial charge on any atom is 0.416 e. The highest BCUT2D eigenvalue weighted by atomic mass is 19.4. The van der Waals surface area contributed by atoms with Crippen molar-refractivity contribution in [3.8, 4) is 0 Å². The maximum atomic E-state index is 12.6. The predicted molar refractivity (Wildman–Crippen MR) is 83.4 cm³/mol. The van der Waals surface area contributed by atoms with Crippen LogP contribution in [0.4, 0.5) is 13.2 Å². The lowest BCUT2D eigenvalue weighted by Crippen LogP contribution is -2.05. The van der Waals surface area contributed by atoms with E-state index in [1.165, 1.54) is 17.7 Å². The van der Waals surface area contributed by atoms with E-state index in [4.69, 9.17) is 0 Å². The van der Waals surface area contributed by atoms with Crippen LogP contribution in [-0.2, 0) is 12.6 Å². The minimum Gasteiger partial charge on any atom is -0.166 e. The van der Waals surface area contributed by atoms with Gasteiger partial charge in [0.05, 0.1) is 5.56 Å². The summed E-state index contributed by atoms with van der Waals surface area (Å²) in [6.07, 6.45) is 1.34. The molecule has 0 aliphatic rings. The molecule has 0 spiro atoms. The van der Waals surface area contributed by atoms with E-state index >= 15 is 0 Å². The maximum absolute atomic E-state index is 12.6. The molecule has 1 radical (unpaired) electrons. The van der Waals surface area contributed by atoms with Crippen molar-refractivity contribution in [2.24, 2.45) is 0 Å². The molecule has 0 atom stereocenters. The lowest BCUT2D eigenvalue weighted by molar-refractivity contribution is -0.137. The number of hydrogen-bond donors (Lipinski definition) is 0. The third-order valence-electron chi connectivity index (χ3n) is 3.48. The van der Waals surface area contributed by atoms with Crippen LogP contribution >= 0.6 is 0 Å². The van der Waals surface area contributed by atoms with Crippen molar-refractivity contribution < 1.29 is 13.2 Å². The van der Waals surface area contributed by atoms with E-state index in [9.17, 15) is 13.2 Å². The van der Waals surface area contributed by atoms with Crippen LogP contribution < -0.4 is 0 Å². The van der Waals surface area contributed by atoms with E-state index in [2.05, 4.69) is 0 Å². The van der Waals surface area contributed by atoms with Gasteiger partial charge in [0.1, 0.15) is 0 Å². The minimum atomic E-state index is -4.28. The van der Waals surface area contributed by atoms with Crippen LogP contribution in [0.25, 0.3) is 0 Å². The summed E-state index contributed by atoms with van der Waals surface area (Å²) in [6, 6.07) is 15.4. The molecule has 0 nitrogen and oxygen atoms in total. The Morgan fingerprint density at radius 3 is 2.14 bits per heavy atom. The van der Waals surface area contributed by atoms with E-state index in [-0.39, 0.29) is 0 Å². The van der Waals surface area contributed by atoms with Gasteiger partial charge in [-0.15, -0.1) is 0 Å². The van der Waals surface area contributed by atoms with Crippen molar-refractivity contribution in [3.05, 3.63) is 89.4 Å². The summed E-state index contributed by atoms with van der Waals surface area (Å²) in [4.78, 5) is 0. The first-order chi connectivity index (χ1) is 10.5. The molecule has 0 aromatic heterocycles. The molecule has 22 heavy (non-hydrogen) atoms. The third-order valence-corrected chi connectivity index (χ3v) is 3.48. The Hall–Kier alpha value is -2.03. The fraction of sp³-hybridized carbons (Fsp3) is 0.211. The molecule has 0 amide bonds. The van der Waals surface area contributed by atoms with Gasteiger partial charge in [0.15, 0.2) is 0 Å². The van der Waals surface area contributed by atoms with Crippen molar-refractivity contribution in [2.75, 3.05) is 0 Å². The zero-order valence-electron chi connectivity index (χ0n) is 12.4. The van der Waals surface area contributed by atoms with Crippen molar-refractivity contribution in [3.63, 3.8) is 0 Å². The number of rotatable bonds is 5. The fourth-order valence-electron chi connectivity index (χ4n) is 2.24. The summed E-state index contributed by atoms with van der Waals surface area (Å²) in [5.41, 5.74) is 1.43. The van der Waals surface area contributed by atoms with E-state index in [0.717, 1.165) is 36.5 Å². The van der Waals surface area contributed by atoms with Gasteiger partial charge in [-0.25, -0.2) is 0 Å². The average molecular weight is 303 g/mol. The average Bonchev–Trinajstić information content (AvgIpc) is 2.52. The predicted octanol–water partition coefficient (Wildman–Crippen LogP) is 5.84. The number of hydrogen-bond acceptors (Lipinski definition) is 0. The highest BCUT2D eigenvalue weighted by Gasteiger charge is 2.30. The van der Waals surface area contributed by atoms with Crippen LogP contribution in [-0.4, -0.2) is 0 Å². The lowest BCUT2D eigenvalue weighted by Gasteiger charge is -2.12. The number of halogens is 3. The molecule has 0 bridgehead atoms. The van der Waals surface area contributed by atoms with Crippen LogP contribution in [0.1, 0.15) is 30.0 Å². The molecule has 2 aromatic rings. The molecule has 0 aliphatic carbocycles. The Labute approximate surface area is 129 Å². The molecular formula is C19H18F3. The first-order valence-corrected chi connectivity index (χ1v) is 7.24. The van der Waals surface area contributed by atoms with Crippen LogP contribution in [0.15, 0.2) is 66.7 Å². The standard InChI is InChI=1S/C19H18F3/c1-2-16(10-6-9-15-7-4-3-5-8-15)17-11-13-18(14-12-17)19(20,21)22/h3-8,10-14H,2,9H2,1H3. The molecule has 0 unspecified atom stereocenters. The molecule has 0 fully saturated rings. The third kappa shape index (κ3) is 4.48. The first-order valence-electron chi connectivity index (χ1n) is 7.24. The van der Waals surface area contributed by atoms with Gasteiger partial charge in [-0.05, 0) is 36.1 Å². The second-order valence-corrected chi connectivity index (χ2v) is 5.05. The summed E-state index contributed by atoms with van der Waals surface area (Å²) >= 11 is 0. The number of allylic oxidation sites excluding steroid dienone is 2. The van der Waals surface area contributed by atoms with Crippen molar-refractivity contribution in [2.45, 2.75) is 25.9 Å². The Balaban J connectivity index is 2.05. The summed E-state index contributed by atoms with van der Waals surface area (Å²) in [7, 11) is 0. The van der Waals surface area contributed by atoms with Crippen LogP contribution in [0, 0.1) is 5.92 Å². The lowest BCUT2D eigenvalue weighted by atomic mass is 9.94. The highest BCUT2D eigenvalue weighted by molar-refractivity contribution is 5.39. The van der Waals surface area contributed by atoms with Gasteiger partial charge in [0.25, 0.3) is 0 Å². The van der Waals surface area contributed by atoms with Crippen LogP contribution in [0.5, 0.6) is 0 Å². The summed E-state index contributed by atoms with van der Waals surface area (Å²) in [5.74, 6) is 1.03. The Morgan fingerprint density at radius 1 is 0.955 bits per heavy atom. The van der Waals surface area contributed by atoms with Crippen LogP contribution in [0.2, 0.25) is 0 Å². The molecule has 0 N–H and O–H groups in total. The number of alkyl halides is 3. The van der Waals surface area contributed by atoms with Gasteiger partial charge in [-0.1, -0.05) is 61.5 Å². The normalized spacial score (nSPS) is 12.2. The van der Waals surface area contributed by atoms with Gasteiger partial charge < -0.3 is 0 Å². The van der Waals surface area contributed by atoms with E-state index in [0.29, 0.717) is 0 Å². The minimum absolute atomic E-state index is 0.611. The molecular weight excluding hydrogens is 285 g/mol. The molecule has 0 aliphatic heterocycles. The second kappa shape index (κ2) is 7.30. The summed E-state index contributed by atoms with van der Waals surface area (Å²) in [5, 5.41) is 0. The topological polar surface area (TPSA) is 0 Å². The molecule has 0 saturated heterocycles. The molecule has 0 heterocycles.